The van der Waals surface area contributed by atoms with Gasteiger partial charge < -0.3 is 9.84 Å². The lowest BCUT2D eigenvalue weighted by Crippen LogP contribution is -2.09. The van der Waals surface area contributed by atoms with Gasteiger partial charge in [0.25, 0.3) is 0 Å². The molecular weight excluding hydrogens is 294 g/mol. The smallest absolute Gasteiger partial charge is 0.341 e. The van der Waals surface area contributed by atoms with Gasteiger partial charge in [0.15, 0.2) is 12.4 Å². The second kappa shape index (κ2) is 7.57. The van der Waals surface area contributed by atoms with Gasteiger partial charge in [0.2, 0.25) is 0 Å². The molecule has 0 unspecified atom stereocenters. The van der Waals surface area contributed by atoms with E-state index in [-0.39, 0.29) is 5.78 Å². The quantitative estimate of drug-likeness (QED) is 0.655. The summed E-state index contributed by atoms with van der Waals surface area (Å²) < 4.78 is 5.00. The van der Waals surface area contributed by atoms with E-state index in [0.29, 0.717) is 16.9 Å². The highest BCUT2D eigenvalue weighted by molar-refractivity contribution is 6.06. The number of benzene rings is 2. The van der Waals surface area contributed by atoms with Crippen molar-refractivity contribution in [1.82, 2.24) is 0 Å². The fourth-order valence-electron chi connectivity index (χ4n) is 1.84. The van der Waals surface area contributed by atoms with E-state index in [0.717, 1.165) is 5.56 Å². The molecule has 0 fully saturated rings. The fourth-order valence-corrected chi connectivity index (χ4v) is 1.84. The van der Waals surface area contributed by atoms with Crippen molar-refractivity contribution < 1.29 is 19.4 Å². The van der Waals surface area contributed by atoms with Crippen LogP contribution >= 0.6 is 0 Å². The second-order valence-corrected chi connectivity index (χ2v) is 4.64. The summed E-state index contributed by atoms with van der Waals surface area (Å²) in [6.45, 7) is -0.428. The maximum atomic E-state index is 12.1. The van der Waals surface area contributed by atoms with Crippen LogP contribution in [0.25, 0.3) is 6.08 Å². The molecule has 0 aliphatic heterocycles. The summed E-state index contributed by atoms with van der Waals surface area (Å²) >= 11 is 0. The highest BCUT2D eigenvalue weighted by Gasteiger charge is 2.04. The lowest BCUT2D eigenvalue weighted by atomic mass is 10.1. The monoisotopic (exact) mass is 307 g/mol. The third-order valence-electron chi connectivity index (χ3n) is 2.94. The number of ketones is 1. The lowest BCUT2D eigenvalue weighted by Gasteiger charge is -2.03. The molecule has 5 heteroatoms. The summed E-state index contributed by atoms with van der Waals surface area (Å²) in [5.74, 6) is -0.875. The van der Waals surface area contributed by atoms with Crippen molar-refractivity contribution in [3.05, 3.63) is 71.3 Å². The summed E-state index contributed by atoms with van der Waals surface area (Å²) in [5.41, 5.74) is 1.75. The molecule has 0 bridgehead atoms. The zero-order chi connectivity index (χ0) is 16.7. The van der Waals surface area contributed by atoms with Crippen LogP contribution in [0, 0.1) is 11.3 Å². The van der Waals surface area contributed by atoms with Crippen LogP contribution in [0.4, 0.5) is 0 Å². The molecule has 0 aliphatic carbocycles. The first-order valence-electron chi connectivity index (χ1n) is 6.76. The SMILES string of the molecule is N#Cc1cccc(/C=C\C(=O)c2ccc(OCC(=O)O)cc2)c1. The van der Waals surface area contributed by atoms with E-state index >= 15 is 0 Å². The van der Waals surface area contributed by atoms with Crippen molar-refractivity contribution in [3.8, 4) is 11.8 Å². The van der Waals surface area contributed by atoms with Crippen LogP contribution in [0.15, 0.2) is 54.6 Å². The summed E-state index contributed by atoms with van der Waals surface area (Å²) in [4.78, 5) is 22.5. The van der Waals surface area contributed by atoms with Gasteiger partial charge >= 0.3 is 5.97 Å². The Bertz CT molecular complexity index is 785. The molecular formula is C18H13NO4. The molecule has 0 aromatic heterocycles. The van der Waals surface area contributed by atoms with Crippen molar-refractivity contribution in [2.75, 3.05) is 6.61 Å². The van der Waals surface area contributed by atoms with Gasteiger partial charge in [-0.05, 0) is 48.0 Å². The van der Waals surface area contributed by atoms with Gasteiger partial charge in [-0.15, -0.1) is 0 Å². The van der Waals surface area contributed by atoms with Crippen molar-refractivity contribution in [3.63, 3.8) is 0 Å². The summed E-state index contributed by atoms with van der Waals surface area (Å²) in [6, 6.07) is 15.2. The largest absolute Gasteiger partial charge is 0.482 e. The van der Waals surface area contributed by atoms with Crippen LogP contribution in [-0.4, -0.2) is 23.5 Å². The zero-order valence-electron chi connectivity index (χ0n) is 12.1. The molecule has 114 valence electrons. The number of ether oxygens (including phenoxy) is 1. The normalized spacial score (nSPS) is 10.2. The number of rotatable bonds is 6. The van der Waals surface area contributed by atoms with Crippen LogP contribution in [-0.2, 0) is 4.79 Å². The van der Waals surface area contributed by atoms with Crippen molar-refractivity contribution in [2.45, 2.75) is 0 Å². The van der Waals surface area contributed by atoms with E-state index < -0.39 is 12.6 Å². The number of aliphatic carboxylic acids is 1. The molecule has 0 atom stereocenters. The molecule has 1 N–H and O–H groups in total. The van der Waals surface area contributed by atoms with Gasteiger partial charge in [-0.2, -0.15) is 5.26 Å². The van der Waals surface area contributed by atoms with E-state index in [1.165, 1.54) is 6.08 Å². The van der Waals surface area contributed by atoms with Crippen LogP contribution < -0.4 is 4.74 Å². The molecule has 0 amide bonds. The number of carbonyl (C=O) groups is 2. The van der Waals surface area contributed by atoms with Crippen LogP contribution in [0.2, 0.25) is 0 Å². The van der Waals surface area contributed by atoms with Gasteiger partial charge in [0, 0.05) is 5.56 Å². The van der Waals surface area contributed by atoms with Gasteiger partial charge in [-0.25, -0.2) is 4.79 Å². The number of nitrogens with zero attached hydrogens (tertiary/aromatic N) is 1. The minimum absolute atomic E-state index is 0.197. The molecule has 2 rings (SSSR count). The van der Waals surface area contributed by atoms with Crippen molar-refractivity contribution in [2.24, 2.45) is 0 Å². The number of carbonyl (C=O) groups excluding carboxylic acids is 1. The number of allylic oxidation sites excluding steroid dienone is 1. The molecule has 0 heterocycles. The summed E-state index contributed by atoms with van der Waals surface area (Å²) in [7, 11) is 0. The standard InChI is InChI=1S/C18H13NO4/c19-11-14-3-1-2-13(10-14)4-9-17(20)15-5-7-16(8-6-15)23-12-18(21)22/h1-10H,12H2,(H,21,22)/b9-4-. The average Bonchev–Trinajstić information content (AvgIpc) is 2.58. The van der Waals surface area contributed by atoms with Gasteiger partial charge in [-0.1, -0.05) is 18.2 Å². The molecule has 0 radical (unpaired) electrons. The Balaban J connectivity index is 2.04. The summed E-state index contributed by atoms with van der Waals surface area (Å²) in [5, 5.41) is 17.4. The predicted molar refractivity (Wildman–Crippen MR) is 84.1 cm³/mol. The first-order chi connectivity index (χ1) is 11.1. The number of hydrogen-bond acceptors (Lipinski definition) is 4. The fraction of sp³-hybridized carbons (Fsp3) is 0.0556. The number of nitriles is 1. The maximum Gasteiger partial charge on any atom is 0.341 e. The third-order valence-corrected chi connectivity index (χ3v) is 2.94. The predicted octanol–water partition coefficient (Wildman–Crippen LogP) is 2.92. The Morgan fingerprint density at radius 1 is 1.17 bits per heavy atom. The topological polar surface area (TPSA) is 87.4 Å². The number of carboxylic acid groups (broad SMARTS) is 1. The first-order valence-corrected chi connectivity index (χ1v) is 6.76. The van der Waals surface area contributed by atoms with Gasteiger partial charge in [-0.3, -0.25) is 4.79 Å². The van der Waals surface area contributed by atoms with E-state index in [1.54, 1.807) is 54.6 Å². The number of carboxylic acids is 1. The zero-order valence-corrected chi connectivity index (χ0v) is 12.1. The Morgan fingerprint density at radius 2 is 1.91 bits per heavy atom. The number of hydrogen-bond donors (Lipinski definition) is 1. The second-order valence-electron chi connectivity index (χ2n) is 4.64. The highest BCUT2D eigenvalue weighted by Crippen LogP contribution is 2.14. The molecule has 0 aliphatic rings. The summed E-state index contributed by atoms with van der Waals surface area (Å²) in [6.07, 6.45) is 3.06. The van der Waals surface area contributed by atoms with Gasteiger partial charge in [0.05, 0.1) is 11.6 Å². The minimum Gasteiger partial charge on any atom is -0.482 e. The molecule has 23 heavy (non-hydrogen) atoms. The van der Waals surface area contributed by atoms with E-state index in [2.05, 4.69) is 0 Å². The van der Waals surface area contributed by atoms with Crippen LogP contribution in [0.3, 0.4) is 0 Å². The maximum absolute atomic E-state index is 12.1. The molecule has 2 aromatic rings. The molecule has 2 aromatic carbocycles. The lowest BCUT2D eigenvalue weighted by molar-refractivity contribution is -0.139. The average molecular weight is 307 g/mol. The van der Waals surface area contributed by atoms with Crippen molar-refractivity contribution in [1.29, 1.82) is 5.26 Å². The van der Waals surface area contributed by atoms with E-state index in [9.17, 15) is 9.59 Å². The van der Waals surface area contributed by atoms with Crippen LogP contribution in [0.5, 0.6) is 5.75 Å². The minimum atomic E-state index is -1.06. The Hall–Kier alpha value is -3.39. The van der Waals surface area contributed by atoms with Crippen molar-refractivity contribution >= 4 is 17.8 Å². The molecule has 0 saturated carbocycles. The highest BCUT2D eigenvalue weighted by atomic mass is 16.5. The third kappa shape index (κ3) is 4.83. The Labute approximate surface area is 133 Å². The first kappa shape index (κ1) is 16.0. The molecule has 0 saturated heterocycles. The molecule has 5 nitrogen and oxygen atoms in total. The van der Waals surface area contributed by atoms with Gasteiger partial charge in [0.1, 0.15) is 5.75 Å². The Morgan fingerprint density at radius 3 is 2.57 bits per heavy atom. The van der Waals surface area contributed by atoms with E-state index in [1.807, 2.05) is 6.07 Å². The Kier molecular flexibility index (Phi) is 5.26. The van der Waals surface area contributed by atoms with E-state index in [4.69, 9.17) is 15.1 Å². The molecule has 0 spiro atoms. The van der Waals surface area contributed by atoms with Crippen LogP contribution in [0.1, 0.15) is 21.5 Å².